The van der Waals surface area contributed by atoms with E-state index in [-0.39, 0.29) is 12.5 Å². The minimum atomic E-state index is -0.169. The Morgan fingerprint density at radius 3 is 2.75 bits per heavy atom. The number of hydrogen-bond acceptors (Lipinski definition) is 2. The number of carbonyl (C=O) groups is 1. The highest BCUT2D eigenvalue weighted by Crippen LogP contribution is 2.12. The summed E-state index contributed by atoms with van der Waals surface area (Å²) in [4.78, 5) is 11.7. The summed E-state index contributed by atoms with van der Waals surface area (Å²) in [6.45, 7) is 2.35. The summed E-state index contributed by atoms with van der Waals surface area (Å²) in [5, 5.41) is 3.45. The van der Waals surface area contributed by atoms with E-state index in [1.54, 1.807) is 6.07 Å². The van der Waals surface area contributed by atoms with Crippen molar-refractivity contribution in [1.29, 1.82) is 0 Å². The van der Waals surface area contributed by atoms with Crippen molar-refractivity contribution >= 4 is 23.2 Å². The minimum Gasteiger partial charge on any atom is -0.367 e. The highest BCUT2D eigenvalue weighted by molar-refractivity contribution is 6.30. The van der Waals surface area contributed by atoms with E-state index in [9.17, 15) is 4.79 Å². The molecule has 0 saturated heterocycles. The molecule has 2 rings (SSSR count). The maximum atomic E-state index is 11.7. The highest BCUT2D eigenvalue weighted by atomic mass is 35.5. The summed E-state index contributed by atoms with van der Waals surface area (Å²) in [5.74, 6) is -0.169. The number of aryl methyl sites for hydroxylation is 1. The Hall–Kier alpha value is -1.84. The molecule has 0 unspecified atom stereocenters. The monoisotopic (exact) mass is 289 g/mol. The van der Waals surface area contributed by atoms with Crippen LogP contribution in [0.5, 0.6) is 0 Å². The van der Waals surface area contributed by atoms with Crippen molar-refractivity contribution in [3.63, 3.8) is 0 Å². The van der Waals surface area contributed by atoms with E-state index in [1.807, 2.05) is 49.4 Å². The van der Waals surface area contributed by atoms with Gasteiger partial charge in [0, 0.05) is 10.7 Å². The summed E-state index contributed by atoms with van der Waals surface area (Å²) in [7, 11) is 0. The average Bonchev–Trinajstić information content (AvgIpc) is 2.38. The van der Waals surface area contributed by atoms with E-state index in [4.69, 9.17) is 16.3 Å². The third-order valence-corrected chi connectivity index (χ3v) is 2.93. The van der Waals surface area contributed by atoms with Gasteiger partial charge in [-0.05, 0) is 42.3 Å². The molecule has 1 N–H and O–H groups in total. The number of benzene rings is 2. The van der Waals surface area contributed by atoms with Crippen molar-refractivity contribution < 1.29 is 9.53 Å². The van der Waals surface area contributed by atoms with Crippen LogP contribution in [0.1, 0.15) is 11.1 Å². The maximum absolute atomic E-state index is 11.7. The summed E-state index contributed by atoms with van der Waals surface area (Å²) >= 11 is 5.87. The zero-order valence-electron chi connectivity index (χ0n) is 11.2. The Morgan fingerprint density at radius 1 is 1.20 bits per heavy atom. The normalized spacial score (nSPS) is 10.3. The smallest absolute Gasteiger partial charge is 0.250 e. The Labute approximate surface area is 123 Å². The lowest BCUT2D eigenvalue weighted by molar-refractivity contribution is -0.121. The van der Waals surface area contributed by atoms with Crippen LogP contribution in [0.3, 0.4) is 0 Å². The van der Waals surface area contributed by atoms with Crippen LogP contribution in [-0.2, 0) is 16.1 Å². The predicted octanol–water partition coefficient (Wildman–Crippen LogP) is 3.80. The maximum Gasteiger partial charge on any atom is 0.250 e. The van der Waals surface area contributed by atoms with Gasteiger partial charge in [-0.1, -0.05) is 35.9 Å². The SMILES string of the molecule is Cc1cccc(NC(=O)COCc2cccc(Cl)c2)c1. The molecule has 3 nitrogen and oxygen atoms in total. The molecular formula is C16H16ClNO2. The van der Waals surface area contributed by atoms with Crippen LogP contribution < -0.4 is 5.32 Å². The second kappa shape index (κ2) is 7.08. The fraction of sp³-hybridized carbons (Fsp3) is 0.188. The number of rotatable bonds is 5. The first-order chi connectivity index (χ1) is 9.63. The molecule has 1 amide bonds. The highest BCUT2D eigenvalue weighted by Gasteiger charge is 2.03. The molecule has 2 aromatic rings. The number of nitrogens with one attached hydrogen (secondary N) is 1. The third kappa shape index (κ3) is 4.68. The van der Waals surface area contributed by atoms with E-state index in [0.717, 1.165) is 16.8 Å². The van der Waals surface area contributed by atoms with Gasteiger partial charge in [0.1, 0.15) is 6.61 Å². The number of hydrogen-bond donors (Lipinski definition) is 1. The lowest BCUT2D eigenvalue weighted by Gasteiger charge is -2.07. The second-order valence-electron chi connectivity index (χ2n) is 4.54. The van der Waals surface area contributed by atoms with Crippen LogP contribution in [0, 0.1) is 6.92 Å². The molecule has 0 aliphatic heterocycles. The number of carbonyl (C=O) groups excluding carboxylic acids is 1. The summed E-state index contributed by atoms with van der Waals surface area (Å²) in [6.07, 6.45) is 0. The molecule has 0 spiro atoms. The van der Waals surface area contributed by atoms with Crippen molar-refractivity contribution in [3.8, 4) is 0 Å². The molecule has 0 aliphatic rings. The molecule has 4 heteroatoms. The average molecular weight is 290 g/mol. The first-order valence-corrected chi connectivity index (χ1v) is 6.70. The minimum absolute atomic E-state index is 0.0143. The van der Waals surface area contributed by atoms with E-state index < -0.39 is 0 Å². The van der Waals surface area contributed by atoms with Crippen LogP contribution in [0.4, 0.5) is 5.69 Å². The molecule has 0 bridgehead atoms. The molecule has 0 aromatic heterocycles. The van der Waals surface area contributed by atoms with E-state index in [2.05, 4.69) is 5.32 Å². The zero-order valence-corrected chi connectivity index (χ0v) is 12.0. The number of amides is 1. The number of halogens is 1. The Balaban J connectivity index is 1.78. The van der Waals surface area contributed by atoms with Gasteiger partial charge in [-0.25, -0.2) is 0 Å². The molecule has 0 aliphatic carbocycles. The van der Waals surface area contributed by atoms with Gasteiger partial charge in [-0.15, -0.1) is 0 Å². The van der Waals surface area contributed by atoms with Gasteiger partial charge in [0.25, 0.3) is 0 Å². The molecule has 104 valence electrons. The first-order valence-electron chi connectivity index (χ1n) is 6.32. The van der Waals surface area contributed by atoms with Crippen LogP contribution in [-0.4, -0.2) is 12.5 Å². The van der Waals surface area contributed by atoms with Crippen LogP contribution in [0.2, 0.25) is 5.02 Å². The van der Waals surface area contributed by atoms with Crippen molar-refractivity contribution in [2.75, 3.05) is 11.9 Å². The fourth-order valence-electron chi connectivity index (χ4n) is 1.81. The molecular weight excluding hydrogens is 274 g/mol. The van der Waals surface area contributed by atoms with Gasteiger partial charge in [-0.2, -0.15) is 0 Å². The van der Waals surface area contributed by atoms with Gasteiger partial charge in [-0.3, -0.25) is 4.79 Å². The summed E-state index contributed by atoms with van der Waals surface area (Å²) in [5.41, 5.74) is 2.82. The molecule has 0 atom stereocenters. The lowest BCUT2D eigenvalue weighted by atomic mass is 10.2. The van der Waals surface area contributed by atoms with Gasteiger partial charge < -0.3 is 10.1 Å². The number of anilines is 1. The Morgan fingerprint density at radius 2 is 2.00 bits per heavy atom. The van der Waals surface area contributed by atoms with Crippen molar-refractivity contribution in [2.24, 2.45) is 0 Å². The number of ether oxygens (including phenoxy) is 1. The van der Waals surface area contributed by atoms with Gasteiger partial charge >= 0.3 is 0 Å². The largest absolute Gasteiger partial charge is 0.367 e. The molecule has 2 aromatic carbocycles. The van der Waals surface area contributed by atoms with Crippen LogP contribution in [0.15, 0.2) is 48.5 Å². The van der Waals surface area contributed by atoms with Crippen LogP contribution in [0.25, 0.3) is 0 Å². The van der Waals surface area contributed by atoms with Gasteiger partial charge in [0.15, 0.2) is 0 Å². The molecule has 20 heavy (non-hydrogen) atoms. The van der Waals surface area contributed by atoms with Crippen molar-refractivity contribution in [2.45, 2.75) is 13.5 Å². The molecule has 0 radical (unpaired) electrons. The predicted molar refractivity (Wildman–Crippen MR) is 80.9 cm³/mol. The van der Waals surface area contributed by atoms with Crippen LogP contribution >= 0.6 is 11.6 Å². The summed E-state index contributed by atoms with van der Waals surface area (Å²) < 4.78 is 5.37. The zero-order chi connectivity index (χ0) is 14.4. The van der Waals surface area contributed by atoms with E-state index >= 15 is 0 Å². The van der Waals surface area contributed by atoms with Crippen molar-refractivity contribution in [3.05, 3.63) is 64.7 Å². The standard InChI is InChI=1S/C16H16ClNO2/c1-12-4-2-7-15(8-12)18-16(19)11-20-10-13-5-3-6-14(17)9-13/h2-9H,10-11H2,1H3,(H,18,19). The van der Waals surface area contributed by atoms with E-state index in [0.29, 0.717) is 11.6 Å². The Kier molecular flexibility index (Phi) is 5.16. The summed E-state index contributed by atoms with van der Waals surface area (Å²) in [6, 6.07) is 15.0. The Bertz CT molecular complexity index is 599. The van der Waals surface area contributed by atoms with Crippen molar-refractivity contribution in [1.82, 2.24) is 0 Å². The molecule has 0 fully saturated rings. The lowest BCUT2D eigenvalue weighted by Crippen LogP contribution is -2.18. The third-order valence-electron chi connectivity index (χ3n) is 2.69. The fourth-order valence-corrected chi connectivity index (χ4v) is 2.02. The van der Waals surface area contributed by atoms with Gasteiger partial charge in [0.2, 0.25) is 5.91 Å². The van der Waals surface area contributed by atoms with Gasteiger partial charge in [0.05, 0.1) is 6.61 Å². The molecule has 0 saturated carbocycles. The molecule has 0 heterocycles. The first kappa shape index (κ1) is 14.6. The van der Waals surface area contributed by atoms with E-state index in [1.165, 1.54) is 0 Å². The topological polar surface area (TPSA) is 38.3 Å². The quantitative estimate of drug-likeness (QED) is 0.909. The second-order valence-corrected chi connectivity index (χ2v) is 4.98.